The lowest BCUT2D eigenvalue weighted by Gasteiger charge is -2.35. The van der Waals surface area contributed by atoms with Gasteiger partial charge in [0.05, 0.1) is 11.6 Å². The number of aryl methyl sites for hydroxylation is 2. The second-order valence-electron chi connectivity index (χ2n) is 9.09. The van der Waals surface area contributed by atoms with Crippen molar-refractivity contribution in [2.24, 2.45) is 0 Å². The molecule has 5 nitrogen and oxygen atoms in total. The lowest BCUT2D eigenvalue weighted by molar-refractivity contribution is -0.141. The molecule has 32 heavy (non-hydrogen) atoms. The summed E-state index contributed by atoms with van der Waals surface area (Å²) in [7, 11) is 0. The number of likely N-dealkylation sites (tertiary alicyclic amines) is 1. The summed E-state index contributed by atoms with van der Waals surface area (Å²) in [5.74, 6) is -1.20. The number of amides is 1. The van der Waals surface area contributed by atoms with Gasteiger partial charge in [-0.3, -0.25) is 9.59 Å². The number of aromatic amines is 1. The number of rotatable bonds is 3. The highest BCUT2D eigenvalue weighted by atomic mass is 16.3. The van der Waals surface area contributed by atoms with Gasteiger partial charge >= 0.3 is 0 Å². The van der Waals surface area contributed by atoms with Gasteiger partial charge in [0.2, 0.25) is 0 Å². The summed E-state index contributed by atoms with van der Waals surface area (Å²) in [5.41, 5.74) is 4.70. The first-order valence-electron chi connectivity index (χ1n) is 11.4. The van der Waals surface area contributed by atoms with E-state index in [1.54, 1.807) is 4.90 Å². The van der Waals surface area contributed by atoms with Crippen molar-refractivity contribution in [1.82, 2.24) is 9.88 Å². The van der Waals surface area contributed by atoms with Crippen molar-refractivity contribution in [3.8, 4) is 0 Å². The van der Waals surface area contributed by atoms with E-state index in [0.29, 0.717) is 5.56 Å². The number of aliphatic hydroxyl groups is 1. The van der Waals surface area contributed by atoms with E-state index in [9.17, 15) is 14.7 Å². The quantitative estimate of drug-likeness (QED) is 0.327. The van der Waals surface area contributed by atoms with Crippen LogP contribution in [-0.4, -0.2) is 32.7 Å². The summed E-state index contributed by atoms with van der Waals surface area (Å²) in [6.07, 6.45) is 6.90. The third-order valence-electron chi connectivity index (χ3n) is 7.14. The van der Waals surface area contributed by atoms with Crippen LogP contribution in [0.2, 0.25) is 0 Å². The number of aliphatic hydroxyl groups excluding tert-OH is 1. The smallest absolute Gasteiger partial charge is 0.295 e. The summed E-state index contributed by atoms with van der Waals surface area (Å²) >= 11 is 0. The molecule has 2 aliphatic rings. The maximum absolute atomic E-state index is 13.3. The van der Waals surface area contributed by atoms with Crippen LogP contribution < -0.4 is 0 Å². The van der Waals surface area contributed by atoms with E-state index in [4.69, 9.17) is 0 Å². The molecule has 1 unspecified atom stereocenters. The number of hydrogen-bond donors (Lipinski definition) is 2. The number of nitrogens with one attached hydrogen (secondary N) is 1. The van der Waals surface area contributed by atoms with Crippen LogP contribution in [0.25, 0.3) is 16.7 Å². The third kappa shape index (κ3) is 3.24. The summed E-state index contributed by atoms with van der Waals surface area (Å²) < 4.78 is 0. The topological polar surface area (TPSA) is 73.4 Å². The molecule has 1 atom stereocenters. The van der Waals surface area contributed by atoms with E-state index >= 15 is 0 Å². The first-order valence-corrected chi connectivity index (χ1v) is 11.4. The van der Waals surface area contributed by atoms with Crippen LogP contribution in [0, 0.1) is 13.8 Å². The maximum Gasteiger partial charge on any atom is 0.295 e. The number of nitrogens with zero attached hydrogens (tertiary/aromatic N) is 1. The van der Waals surface area contributed by atoms with Gasteiger partial charge in [-0.25, -0.2) is 0 Å². The fourth-order valence-corrected chi connectivity index (χ4v) is 5.26. The molecule has 1 aliphatic carbocycles. The average Bonchev–Trinajstić information content (AvgIpc) is 3.34. The molecule has 3 aromatic rings. The standard InChI is InChI=1S/C27H28N2O3/c1-16-12-13-18(14-17(16)2)25(30)23-24(21-15-28-22-11-7-6-10-20(21)22)29(27(32)26(23)31)19-8-4-3-5-9-19/h6-7,10-15,19,24,28,30H,3-5,8-9H2,1-2H3/b25-23+. The minimum atomic E-state index is -0.601. The van der Waals surface area contributed by atoms with Crippen LogP contribution in [0.4, 0.5) is 0 Å². The molecule has 1 saturated heterocycles. The molecule has 1 aromatic heterocycles. The Kier molecular flexibility index (Phi) is 5.12. The Morgan fingerprint density at radius 3 is 2.50 bits per heavy atom. The SMILES string of the molecule is Cc1ccc(/C(O)=C2\C(=O)C(=O)N(C3CCCCC3)C2c2c[nH]c3ccccc23)cc1C. The predicted octanol–water partition coefficient (Wildman–Crippen LogP) is 5.54. The second-order valence-corrected chi connectivity index (χ2v) is 9.09. The number of para-hydroxylation sites is 1. The van der Waals surface area contributed by atoms with Gasteiger partial charge in [-0.1, -0.05) is 49.6 Å². The van der Waals surface area contributed by atoms with E-state index < -0.39 is 17.7 Å². The molecule has 5 rings (SSSR count). The van der Waals surface area contributed by atoms with Gasteiger partial charge in [0, 0.05) is 34.3 Å². The van der Waals surface area contributed by atoms with E-state index in [-0.39, 0.29) is 17.4 Å². The van der Waals surface area contributed by atoms with Gasteiger partial charge < -0.3 is 15.0 Å². The van der Waals surface area contributed by atoms with Crippen molar-refractivity contribution in [2.45, 2.75) is 58.0 Å². The highest BCUT2D eigenvalue weighted by molar-refractivity contribution is 6.46. The Labute approximate surface area is 187 Å². The van der Waals surface area contributed by atoms with Crippen LogP contribution >= 0.6 is 0 Å². The maximum atomic E-state index is 13.3. The number of carbonyl (C=O) groups excluding carboxylic acids is 2. The number of benzene rings is 2. The van der Waals surface area contributed by atoms with Crippen LogP contribution in [0.1, 0.15) is 60.4 Å². The fraction of sp³-hybridized carbons (Fsp3) is 0.333. The Hall–Kier alpha value is -3.34. The Morgan fingerprint density at radius 1 is 1.00 bits per heavy atom. The molecule has 0 spiro atoms. The Morgan fingerprint density at radius 2 is 1.75 bits per heavy atom. The van der Waals surface area contributed by atoms with Crippen LogP contribution in [0.15, 0.2) is 54.2 Å². The summed E-state index contributed by atoms with van der Waals surface area (Å²) in [4.78, 5) is 31.7. The summed E-state index contributed by atoms with van der Waals surface area (Å²) in [6, 6.07) is 12.9. The largest absolute Gasteiger partial charge is 0.507 e. The van der Waals surface area contributed by atoms with Gasteiger partial charge in [-0.15, -0.1) is 0 Å². The Bertz CT molecular complexity index is 1250. The molecule has 164 valence electrons. The van der Waals surface area contributed by atoms with Gasteiger partial charge in [0.15, 0.2) is 0 Å². The van der Waals surface area contributed by atoms with Gasteiger partial charge in [-0.2, -0.15) is 0 Å². The molecule has 1 saturated carbocycles. The van der Waals surface area contributed by atoms with Crippen molar-refractivity contribution in [1.29, 1.82) is 0 Å². The molecule has 2 fully saturated rings. The fourth-order valence-electron chi connectivity index (χ4n) is 5.26. The molecule has 0 radical (unpaired) electrons. The molecule has 2 heterocycles. The van der Waals surface area contributed by atoms with Crippen molar-refractivity contribution in [3.63, 3.8) is 0 Å². The lowest BCUT2D eigenvalue weighted by atomic mass is 9.90. The normalized spacial score (nSPS) is 21.6. The van der Waals surface area contributed by atoms with E-state index in [2.05, 4.69) is 4.98 Å². The number of Topliss-reactive ketones (excluding diaryl/α,β-unsaturated/α-hetero) is 1. The van der Waals surface area contributed by atoms with Crippen molar-refractivity contribution in [2.75, 3.05) is 0 Å². The highest BCUT2D eigenvalue weighted by Gasteiger charge is 2.49. The first kappa shape index (κ1) is 20.6. The predicted molar refractivity (Wildman–Crippen MR) is 125 cm³/mol. The van der Waals surface area contributed by atoms with Crippen LogP contribution in [0.5, 0.6) is 0 Å². The van der Waals surface area contributed by atoms with E-state index in [1.807, 2.05) is 62.5 Å². The zero-order valence-corrected chi connectivity index (χ0v) is 18.5. The molecular formula is C27H28N2O3. The van der Waals surface area contributed by atoms with E-state index in [0.717, 1.165) is 59.7 Å². The monoisotopic (exact) mass is 428 g/mol. The highest BCUT2D eigenvalue weighted by Crippen LogP contribution is 2.45. The van der Waals surface area contributed by atoms with Crippen molar-refractivity contribution < 1.29 is 14.7 Å². The third-order valence-corrected chi connectivity index (χ3v) is 7.14. The molecule has 5 heteroatoms. The molecule has 1 amide bonds. The molecule has 1 aliphatic heterocycles. The van der Waals surface area contributed by atoms with Crippen molar-refractivity contribution >= 4 is 28.4 Å². The zero-order chi connectivity index (χ0) is 22.4. The minimum absolute atomic E-state index is 0.00363. The van der Waals surface area contributed by atoms with Gasteiger partial charge in [0.1, 0.15) is 5.76 Å². The van der Waals surface area contributed by atoms with Crippen molar-refractivity contribution in [3.05, 3.63) is 76.5 Å². The second kappa shape index (κ2) is 7.97. The van der Waals surface area contributed by atoms with Gasteiger partial charge in [0.25, 0.3) is 11.7 Å². The molecular weight excluding hydrogens is 400 g/mol. The minimum Gasteiger partial charge on any atom is -0.507 e. The zero-order valence-electron chi connectivity index (χ0n) is 18.5. The Balaban J connectivity index is 1.72. The van der Waals surface area contributed by atoms with Crippen LogP contribution in [0.3, 0.4) is 0 Å². The first-order chi connectivity index (χ1) is 15.5. The number of H-pyrrole nitrogens is 1. The summed E-state index contributed by atoms with van der Waals surface area (Å²) in [5, 5.41) is 12.3. The number of fused-ring (bicyclic) bond motifs is 1. The van der Waals surface area contributed by atoms with Gasteiger partial charge in [-0.05, 0) is 49.9 Å². The van der Waals surface area contributed by atoms with Crippen LogP contribution in [-0.2, 0) is 9.59 Å². The molecule has 0 bridgehead atoms. The number of carbonyl (C=O) groups is 2. The number of aromatic nitrogens is 1. The molecule has 2 N–H and O–H groups in total. The molecule has 2 aromatic carbocycles. The number of ketones is 1. The van der Waals surface area contributed by atoms with E-state index in [1.165, 1.54) is 0 Å². The summed E-state index contributed by atoms with van der Waals surface area (Å²) in [6.45, 7) is 3.98. The number of hydrogen-bond acceptors (Lipinski definition) is 3. The lowest BCUT2D eigenvalue weighted by Crippen LogP contribution is -2.40. The average molecular weight is 429 g/mol.